The second-order valence-corrected chi connectivity index (χ2v) is 5.76. The first-order chi connectivity index (χ1) is 11.5. The summed E-state index contributed by atoms with van der Waals surface area (Å²) in [7, 11) is 1.51. The van der Waals surface area contributed by atoms with E-state index in [0.29, 0.717) is 11.3 Å². The van der Waals surface area contributed by atoms with Crippen molar-refractivity contribution in [1.82, 2.24) is 4.98 Å². The van der Waals surface area contributed by atoms with Gasteiger partial charge in [0, 0.05) is 5.39 Å². The normalized spacial score (nSPS) is 11.3. The van der Waals surface area contributed by atoms with Gasteiger partial charge in [0.1, 0.15) is 11.3 Å². The van der Waals surface area contributed by atoms with Crippen LogP contribution in [0.3, 0.4) is 0 Å². The fourth-order valence-electron chi connectivity index (χ4n) is 2.70. The zero-order chi connectivity index (χ0) is 17.3. The molecule has 2 aromatic carbocycles. The van der Waals surface area contributed by atoms with E-state index in [9.17, 15) is 10.2 Å². The Morgan fingerprint density at radius 1 is 0.958 bits per heavy atom. The van der Waals surface area contributed by atoms with Gasteiger partial charge in [-0.3, -0.25) is 0 Å². The highest BCUT2D eigenvalue weighted by atomic mass is 16.5. The second-order valence-electron chi connectivity index (χ2n) is 5.76. The summed E-state index contributed by atoms with van der Waals surface area (Å²) in [6.07, 6.45) is 3.75. The predicted octanol–water partition coefficient (Wildman–Crippen LogP) is 4.44. The van der Waals surface area contributed by atoms with Crippen LogP contribution in [0.4, 0.5) is 0 Å². The van der Waals surface area contributed by atoms with Crippen molar-refractivity contribution in [2.75, 3.05) is 7.11 Å². The monoisotopic (exact) mass is 321 g/mol. The number of rotatable bonds is 3. The maximum Gasteiger partial charge on any atom is 0.161 e. The Morgan fingerprint density at radius 2 is 1.75 bits per heavy atom. The van der Waals surface area contributed by atoms with Gasteiger partial charge in [0.2, 0.25) is 0 Å². The fraction of sp³-hybridized carbons (Fsp3) is 0.150. The topological polar surface area (TPSA) is 62.6 Å². The van der Waals surface area contributed by atoms with Crippen molar-refractivity contribution in [1.29, 1.82) is 0 Å². The summed E-state index contributed by atoms with van der Waals surface area (Å²) in [5.74, 6) is 0.749. The summed E-state index contributed by atoms with van der Waals surface area (Å²) in [6.45, 7) is 3.88. The lowest BCUT2D eigenvalue weighted by atomic mass is 10.0. The van der Waals surface area contributed by atoms with E-state index >= 15 is 0 Å². The van der Waals surface area contributed by atoms with E-state index in [4.69, 9.17) is 4.74 Å². The maximum absolute atomic E-state index is 10.3. The first-order valence-electron chi connectivity index (χ1n) is 7.64. The second kappa shape index (κ2) is 6.24. The molecule has 1 aromatic heterocycles. The highest BCUT2D eigenvalue weighted by molar-refractivity contribution is 5.89. The van der Waals surface area contributed by atoms with Gasteiger partial charge in [-0.2, -0.15) is 0 Å². The van der Waals surface area contributed by atoms with Crippen molar-refractivity contribution in [2.45, 2.75) is 13.8 Å². The zero-order valence-corrected chi connectivity index (χ0v) is 13.9. The van der Waals surface area contributed by atoms with Crippen LogP contribution in [0.5, 0.6) is 17.2 Å². The lowest BCUT2D eigenvalue weighted by Crippen LogP contribution is -1.89. The highest BCUT2D eigenvalue weighted by Crippen LogP contribution is 2.30. The van der Waals surface area contributed by atoms with E-state index in [1.165, 1.54) is 7.11 Å². The van der Waals surface area contributed by atoms with Gasteiger partial charge in [0.15, 0.2) is 11.5 Å². The number of aryl methyl sites for hydroxylation is 2. The van der Waals surface area contributed by atoms with Crippen LogP contribution < -0.4 is 4.74 Å². The first kappa shape index (κ1) is 15.9. The number of fused-ring (bicyclic) bond motifs is 1. The Labute approximate surface area is 140 Å². The number of ether oxygens (including phenoxy) is 1. The summed E-state index contributed by atoms with van der Waals surface area (Å²) in [4.78, 5) is 4.55. The van der Waals surface area contributed by atoms with Crippen molar-refractivity contribution >= 4 is 23.1 Å². The van der Waals surface area contributed by atoms with Crippen LogP contribution in [-0.2, 0) is 0 Å². The van der Waals surface area contributed by atoms with E-state index in [1.807, 2.05) is 44.2 Å². The molecule has 4 nitrogen and oxygen atoms in total. The minimum atomic E-state index is 0.106. The lowest BCUT2D eigenvalue weighted by Gasteiger charge is -2.08. The Morgan fingerprint density at radius 3 is 2.50 bits per heavy atom. The molecule has 0 radical (unpaired) electrons. The minimum absolute atomic E-state index is 0.106. The molecule has 4 heteroatoms. The first-order valence-corrected chi connectivity index (χ1v) is 7.64. The van der Waals surface area contributed by atoms with E-state index in [1.54, 1.807) is 18.2 Å². The number of benzene rings is 2. The van der Waals surface area contributed by atoms with Crippen LogP contribution in [-0.4, -0.2) is 22.3 Å². The molecular weight excluding hydrogens is 302 g/mol. The quantitative estimate of drug-likeness (QED) is 0.748. The van der Waals surface area contributed by atoms with E-state index in [-0.39, 0.29) is 11.5 Å². The summed E-state index contributed by atoms with van der Waals surface area (Å²) in [5, 5.41) is 20.8. The largest absolute Gasteiger partial charge is 0.505 e. The van der Waals surface area contributed by atoms with Crippen LogP contribution in [0, 0.1) is 13.8 Å². The molecular formula is C20H19NO3. The summed E-state index contributed by atoms with van der Waals surface area (Å²) < 4.78 is 5.10. The average Bonchev–Trinajstić information content (AvgIpc) is 2.59. The van der Waals surface area contributed by atoms with Crippen LogP contribution in [0.15, 0.2) is 36.4 Å². The molecule has 1 heterocycles. The molecule has 0 fully saturated rings. The van der Waals surface area contributed by atoms with Gasteiger partial charge in [-0.25, -0.2) is 4.98 Å². The van der Waals surface area contributed by atoms with Gasteiger partial charge in [0.05, 0.1) is 12.8 Å². The van der Waals surface area contributed by atoms with E-state index < -0.39 is 0 Å². The van der Waals surface area contributed by atoms with Crippen molar-refractivity contribution in [2.24, 2.45) is 0 Å². The number of nitrogens with zero attached hydrogens (tertiary/aromatic N) is 1. The van der Waals surface area contributed by atoms with Crippen LogP contribution in [0.25, 0.3) is 23.1 Å². The number of aromatic nitrogens is 1. The van der Waals surface area contributed by atoms with Gasteiger partial charge in [-0.15, -0.1) is 0 Å². The smallest absolute Gasteiger partial charge is 0.161 e. The Kier molecular flexibility index (Phi) is 4.13. The third-order valence-electron chi connectivity index (χ3n) is 4.02. The molecule has 0 saturated carbocycles. The summed E-state index contributed by atoms with van der Waals surface area (Å²) in [5.41, 5.74) is 4.15. The third kappa shape index (κ3) is 2.91. The SMILES string of the molecule is COc1cc(/C=C/c2ccc3c(C)cc(C)c(O)c3n2)ccc1O. The van der Waals surface area contributed by atoms with Crippen LogP contribution in [0.2, 0.25) is 0 Å². The van der Waals surface area contributed by atoms with Crippen molar-refractivity contribution in [3.05, 3.63) is 58.8 Å². The Balaban J connectivity index is 2.00. The molecule has 0 aliphatic rings. The van der Waals surface area contributed by atoms with Gasteiger partial charge in [-0.05, 0) is 54.8 Å². The van der Waals surface area contributed by atoms with Gasteiger partial charge in [-0.1, -0.05) is 24.3 Å². The molecule has 0 aliphatic heterocycles. The molecule has 0 unspecified atom stereocenters. The number of aromatic hydroxyl groups is 2. The van der Waals surface area contributed by atoms with Crippen molar-refractivity contribution < 1.29 is 14.9 Å². The average molecular weight is 321 g/mol. The number of hydrogen-bond acceptors (Lipinski definition) is 4. The molecule has 24 heavy (non-hydrogen) atoms. The standard InChI is InChI=1S/C20H19NO3/c1-12-10-13(2)20(23)19-16(12)8-7-15(21-19)6-4-14-5-9-17(22)18(11-14)24-3/h4-11,22-23H,1-3H3/b6-4+. The van der Waals surface area contributed by atoms with Crippen LogP contribution in [0.1, 0.15) is 22.4 Å². The van der Waals surface area contributed by atoms with Crippen LogP contribution >= 0.6 is 0 Å². The Bertz CT molecular complexity index is 945. The molecule has 0 atom stereocenters. The number of phenols is 2. The van der Waals surface area contributed by atoms with E-state index in [2.05, 4.69) is 4.98 Å². The molecule has 0 aliphatic carbocycles. The van der Waals surface area contributed by atoms with Gasteiger partial charge in [0.25, 0.3) is 0 Å². The molecule has 0 bridgehead atoms. The molecule has 3 rings (SSSR count). The molecule has 0 amide bonds. The van der Waals surface area contributed by atoms with Crippen molar-refractivity contribution in [3.8, 4) is 17.2 Å². The fourth-order valence-corrected chi connectivity index (χ4v) is 2.70. The van der Waals surface area contributed by atoms with Gasteiger partial charge < -0.3 is 14.9 Å². The zero-order valence-electron chi connectivity index (χ0n) is 13.9. The number of pyridine rings is 1. The molecule has 3 aromatic rings. The predicted molar refractivity (Wildman–Crippen MR) is 96.5 cm³/mol. The highest BCUT2D eigenvalue weighted by Gasteiger charge is 2.08. The Hall–Kier alpha value is -3.01. The lowest BCUT2D eigenvalue weighted by molar-refractivity contribution is 0.373. The molecule has 0 saturated heterocycles. The molecule has 0 spiro atoms. The molecule has 2 N–H and O–H groups in total. The van der Waals surface area contributed by atoms with Gasteiger partial charge >= 0.3 is 0 Å². The maximum atomic E-state index is 10.3. The number of methoxy groups -OCH3 is 1. The number of phenolic OH excluding ortho intramolecular Hbond substituents is 2. The third-order valence-corrected chi connectivity index (χ3v) is 4.02. The van der Waals surface area contributed by atoms with E-state index in [0.717, 1.165) is 27.8 Å². The summed E-state index contributed by atoms with van der Waals surface area (Å²) >= 11 is 0. The summed E-state index contributed by atoms with van der Waals surface area (Å²) in [6, 6.07) is 11.0. The van der Waals surface area contributed by atoms with Crippen molar-refractivity contribution in [3.63, 3.8) is 0 Å². The minimum Gasteiger partial charge on any atom is -0.505 e. The number of hydrogen-bond donors (Lipinski definition) is 2. The molecule has 122 valence electrons.